The number of nitrogens with zero attached hydrogens (tertiary/aromatic N) is 1. The molecule has 0 aromatic heterocycles. The van der Waals surface area contributed by atoms with Crippen molar-refractivity contribution in [3.63, 3.8) is 0 Å². The van der Waals surface area contributed by atoms with Crippen molar-refractivity contribution in [2.24, 2.45) is 4.99 Å². The summed E-state index contributed by atoms with van der Waals surface area (Å²) in [5, 5.41) is 0. The second kappa shape index (κ2) is 1.39. The smallest absolute Gasteiger partial charge is 0.0946 e. The van der Waals surface area contributed by atoms with Crippen LogP contribution in [0.3, 0.4) is 0 Å². The van der Waals surface area contributed by atoms with Crippen LogP contribution in [0, 0.1) is 0 Å². The van der Waals surface area contributed by atoms with Gasteiger partial charge < -0.3 is 0 Å². The van der Waals surface area contributed by atoms with Gasteiger partial charge in [0.1, 0.15) is 0 Å². The van der Waals surface area contributed by atoms with E-state index in [9.17, 15) is 0 Å². The van der Waals surface area contributed by atoms with E-state index in [-0.39, 0.29) is 9.52 Å². The fraction of sp³-hybridized carbons (Fsp3) is 0.250. The van der Waals surface area contributed by atoms with Crippen LogP contribution in [0.4, 0.5) is 0 Å². The largest absolute Gasteiger partial charge is 0.272 e. The molecular formula is C4H7NSi. The Kier molecular flexibility index (Phi) is 0.879. The Bertz CT molecular complexity index is 101. The predicted molar refractivity (Wildman–Crippen MR) is 30.8 cm³/mol. The van der Waals surface area contributed by atoms with Gasteiger partial charge in [0, 0.05) is 5.70 Å². The summed E-state index contributed by atoms with van der Waals surface area (Å²) in [4.78, 5) is 4.03. The van der Waals surface area contributed by atoms with Crippen LogP contribution in [0.5, 0.6) is 0 Å². The molecule has 1 nitrogen and oxygen atoms in total. The van der Waals surface area contributed by atoms with Crippen LogP contribution in [-0.4, -0.2) is 15.4 Å². The van der Waals surface area contributed by atoms with E-state index in [1.54, 1.807) is 0 Å². The summed E-state index contributed by atoms with van der Waals surface area (Å²) in [7, 11) is 0.0421. The third kappa shape index (κ3) is 0.570. The summed E-state index contributed by atoms with van der Waals surface area (Å²) < 4.78 is 0. The van der Waals surface area contributed by atoms with Crippen LogP contribution in [0.25, 0.3) is 0 Å². The van der Waals surface area contributed by atoms with E-state index in [0.717, 1.165) is 0 Å². The number of hydrogen-bond donors (Lipinski definition) is 0. The van der Waals surface area contributed by atoms with Crippen LogP contribution in [0.2, 0.25) is 0 Å². The molecule has 6 heavy (non-hydrogen) atoms. The van der Waals surface area contributed by atoms with Gasteiger partial charge in [0.25, 0.3) is 0 Å². The summed E-state index contributed by atoms with van der Waals surface area (Å²) in [6.45, 7) is 2.04. The Morgan fingerprint density at radius 3 is 2.83 bits per heavy atom. The van der Waals surface area contributed by atoms with Crippen LogP contribution in [0.15, 0.2) is 16.4 Å². The second-order valence-corrected chi connectivity index (χ2v) is 2.64. The maximum atomic E-state index is 4.03. The molecule has 1 aliphatic rings. The number of rotatable bonds is 0. The van der Waals surface area contributed by atoms with Crippen molar-refractivity contribution in [1.29, 1.82) is 0 Å². The zero-order chi connectivity index (χ0) is 4.41. The first kappa shape index (κ1) is 3.80. The topological polar surface area (TPSA) is 12.4 Å². The average Bonchev–Trinajstić information content (AvgIpc) is 1.86. The van der Waals surface area contributed by atoms with Gasteiger partial charge in [0.05, 0.1) is 9.52 Å². The number of allylic oxidation sites excluding steroid dienone is 1. The first-order valence-electron chi connectivity index (χ1n) is 2.09. The van der Waals surface area contributed by atoms with Crippen molar-refractivity contribution in [3.05, 3.63) is 11.4 Å². The normalized spacial score (nSPS) is 22.5. The molecule has 2 heteroatoms. The van der Waals surface area contributed by atoms with Crippen LogP contribution >= 0.6 is 0 Å². The van der Waals surface area contributed by atoms with E-state index in [0.29, 0.717) is 0 Å². The molecule has 0 N–H and O–H groups in total. The molecule has 0 radical (unpaired) electrons. The average molecular weight is 97.2 g/mol. The van der Waals surface area contributed by atoms with Gasteiger partial charge in [0.15, 0.2) is 0 Å². The van der Waals surface area contributed by atoms with Crippen molar-refractivity contribution in [1.82, 2.24) is 0 Å². The molecule has 0 saturated carbocycles. The summed E-state index contributed by atoms with van der Waals surface area (Å²) >= 11 is 0. The maximum Gasteiger partial charge on any atom is 0.0946 e. The molecule has 0 atom stereocenters. The van der Waals surface area contributed by atoms with Crippen LogP contribution < -0.4 is 0 Å². The quantitative estimate of drug-likeness (QED) is 0.379. The van der Waals surface area contributed by atoms with Gasteiger partial charge in [-0.3, -0.25) is 4.99 Å². The third-order valence-corrected chi connectivity index (χ3v) is 2.03. The molecule has 0 bridgehead atoms. The maximum absolute atomic E-state index is 4.03. The van der Waals surface area contributed by atoms with E-state index in [2.05, 4.69) is 16.5 Å². The SMILES string of the molecule is CC1=C[SiH2]C=N1. The molecule has 32 valence electrons. The fourth-order valence-corrected chi connectivity index (χ4v) is 1.42. The standard InChI is InChI=1S/C4H7NSi/c1-4-2-6-3-5-4/h2-3H,6H2,1H3. The van der Waals surface area contributed by atoms with Crippen molar-refractivity contribution >= 4 is 15.4 Å². The highest BCUT2D eigenvalue weighted by molar-refractivity contribution is 6.73. The van der Waals surface area contributed by atoms with Gasteiger partial charge >= 0.3 is 0 Å². The highest BCUT2D eigenvalue weighted by Crippen LogP contribution is 1.94. The van der Waals surface area contributed by atoms with E-state index >= 15 is 0 Å². The lowest BCUT2D eigenvalue weighted by molar-refractivity contribution is 1.35. The third-order valence-electron chi connectivity index (χ3n) is 0.814. The van der Waals surface area contributed by atoms with E-state index in [1.807, 2.05) is 6.92 Å². The van der Waals surface area contributed by atoms with Gasteiger partial charge in [-0.15, -0.1) is 0 Å². The fourth-order valence-electron chi connectivity index (χ4n) is 0.473. The molecule has 0 aliphatic carbocycles. The van der Waals surface area contributed by atoms with Gasteiger partial charge in [-0.25, -0.2) is 0 Å². The molecular weight excluding hydrogens is 90.1 g/mol. The van der Waals surface area contributed by atoms with Gasteiger partial charge in [0.2, 0.25) is 0 Å². The molecule has 0 saturated heterocycles. The minimum atomic E-state index is 0.0421. The van der Waals surface area contributed by atoms with Crippen molar-refractivity contribution < 1.29 is 0 Å². The van der Waals surface area contributed by atoms with Gasteiger partial charge in [-0.1, -0.05) is 5.70 Å². The number of hydrogen-bond acceptors (Lipinski definition) is 1. The second-order valence-electron chi connectivity index (χ2n) is 1.39. The summed E-state index contributed by atoms with van der Waals surface area (Å²) in [6.07, 6.45) is 0. The molecule has 0 aromatic rings. The molecule has 1 rings (SSSR count). The zero-order valence-electron chi connectivity index (χ0n) is 3.81. The Hall–Kier alpha value is -0.373. The predicted octanol–water partition coefficient (Wildman–Crippen LogP) is 0.0584. The Balaban J connectivity index is 2.68. The van der Waals surface area contributed by atoms with Crippen LogP contribution in [0.1, 0.15) is 6.92 Å². The first-order chi connectivity index (χ1) is 2.89. The lowest BCUT2D eigenvalue weighted by atomic mass is 10.6. The van der Waals surface area contributed by atoms with E-state index in [4.69, 9.17) is 0 Å². The highest BCUT2D eigenvalue weighted by atomic mass is 28.2. The monoisotopic (exact) mass is 97.0 g/mol. The summed E-state index contributed by atoms with van der Waals surface area (Å²) in [5.74, 6) is 2.05. The van der Waals surface area contributed by atoms with Crippen molar-refractivity contribution in [2.45, 2.75) is 6.92 Å². The minimum Gasteiger partial charge on any atom is -0.272 e. The first-order valence-corrected chi connectivity index (χ1v) is 3.72. The van der Waals surface area contributed by atoms with Crippen molar-refractivity contribution in [2.75, 3.05) is 0 Å². The molecule has 0 amide bonds. The highest BCUT2D eigenvalue weighted by Gasteiger charge is 1.86. The van der Waals surface area contributed by atoms with Gasteiger partial charge in [-0.05, 0) is 12.8 Å². The Labute approximate surface area is 39.6 Å². The molecule has 1 heterocycles. The zero-order valence-corrected chi connectivity index (χ0v) is 5.22. The van der Waals surface area contributed by atoms with E-state index in [1.165, 1.54) is 5.70 Å². The molecule has 0 aromatic carbocycles. The lowest BCUT2D eigenvalue weighted by Crippen LogP contribution is -1.74. The Morgan fingerprint density at radius 2 is 2.67 bits per heavy atom. The summed E-state index contributed by atoms with van der Waals surface area (Å²) in [6, 6.07) is 0. The number of aliphatic imine (C=N–C) groups is 1. The molecule has 0 unspecified atom stereocenters. The summed E-state index contributed by atoms with van der Waals surface area (Å²) in [5.41, 5.74) is 3.45. The van der Waals surface area contributed by atoms with Crippen LogP contribution in [-0.2, 0) is 0 Å². The Morgan fingerprint density at radius 1 is 1.83 bits per heavy atom. The van der Waals surface area contributed by atoms with Gasteiger partial charge in [-0.2, -0.15) is 0 Å². The van der Waals surface area contributed by atoms with E-state index < -0.39 is 0 Å². The molecule has 0 spiro atoms. The molecule has 0 fully saturated rings. The molecule has 1 aliphatic heterocycles. The van der Waals surface area contributed by atoms with Crippen molar-refractivity contribution in [3.8, 4) is 0 Å². The minimum absolute atomic E-state index is 0.0421. The lowest BCUT2D eigenvalue weighted by Gasteiger charge is -1.73.